The lowest BCUT2D eigenvalue weighted by Gasteiger charge is -2.34. The van der Waals surface area contributed by atoms with Crippen molar-refractivity contribution in [3.63, 3.8) is 0 Å². The van der Waals surface area contributed by atoms with Crippen molar-refractivity contribution >= 4 is 5.97 Å². The van der Waals surface area contributed by atoms with Crippen molar-refractivity contribution in [3.05, 3.63) is 89.5 Å². The first-order chi connectivity index (χ1) is 19.7. The Bertz CT molecular complexity index is 1230. The molecule has 3 rings (SSSR count). The monoisotopic (exact) mass is 574 g/mol. The summed E-state index contributed by atoms with van der Waals surface area (Å²) >= 11 is 0. The Kier molecular flexibility index (Phi) is 11.5. The molecule has 0 saturated carbocycles. The van der Waals surface area contributed by atoms with Crippen LogP contribution < -0.4 is 14.2 Å². The largest absolute Gasteiger partial charge is 0.497 e. The molecule has 222 valence electrons. The van der Waals surface area contributed by atoms with Gasteiger partial charge in [0.05, 0.1) is 21.3 Å². The van der Waals surface area contributed by atoms with E-state index in [9.17, 15) is 18.0 Å². The summed E-state index contributed by atoms with van der Waals surface area (Å²) in [5.41, 5.74) is -1.58. The lowest BCUT2D eigenvalue weighted by molar-refractivity contribution is -0.278. The lowest BCUT2D eigenvalue weighted by atomic mass is 9.92. The zero-order valence-corrected chi connectivity index (χ0v) is 23.8. The Morgan fingerprint density at radius 2 is 1.39 bits per heavy atom. The van der Waals surface area contributed by atoms with E-state index in [2.05, 4.69) is 0 Å². The van der Waals surface area contributed by atoms with Crippen molar-refractivity contribution in [3.8, 4) is 17.2 Å². The normalized spacial score (nSPS) is 13.6. The minimum absolute atomic E-state index is 0.316. The second-order valence-corrected chi connectivity index (χ2v) is 9.60. The number of benzene rings is 3. The number of unbranched alkanes of at least 4 members (excludes halogenated alkanes) is 1. The molecular weight excluding hydrogens is 537 g/mol. The van der Waals surface area contributed by atoms with E-state index < -0.39 is 23.9 Å². The Labute approximate surface area is 239 Å². The van der Waals surface area contributed by atoms with Gasteiger partial charge in [-0.05, 0) is 73.9 Å². The molecule has 9 heteroatoms. The van der Waals surface area contributed by atoms with Gasteiger partial charge in [0.25, 0.3) is 5.60 Å². The van der Waals surface area contributed by atoms with E-state index in [0.29, 0.717) is 37.2 Å². The zero-order chi connectivity index (χ0) is 29.9. The van der Waals surface area contributed by atoms with E-state index >= 15 is 0 Å². The Morgan fingerprint density at radius 3 is 1.98 bits per heavy atom. The van der Waals surface area contributed by atoms with Crippen molar-refractivity contribution in [2.45, 2.75) is 56.4 Å². The van der Waals surface area contributed by atoms with E-state index in [1.165, 1.54) is 38.5 Å². The van der Waals surface area contributed by atoms with Crippen LogP contribution in [0.4, 0.5) is 13.2 Å². The Hall–Kier alpha value is -3.72. The van der Waals surface area contributed by atoms with Gasteiger partial charge < -0.3 is 23.7 Å². The molecule has 0 N–H and O–H groups in total. The molecule has 6 nitrogen and oxygen atoms in total. The van der Waals surface area contributed by atoms with Gasteiger partial charge in [-0.3, -0.25) is 0 Å². The summed E-state index contributed by atoms with van der Waals surface area (Å²) in [5, 5.41) is 0. The topological polar surface area (TPSA) is 63.2 Å². The summed E-state index contributed by atoms with van der Waals surface area (Å²) in [6.07, 6.45) is -2.47. The SMILES string of the molecule is COc1ccc(CCCC[C@H](CCc2ccc(OC)c(OC)c2)OC(=O)[C@](OC)(c2ccccc2)C(F)(F)F)cc1. The summed E-state index contributed by atoms with van der Waals surface area (Å²) in [6.45, 7) is 0. The highest BCUT2D eigenvalue weighted by atomic mass is 19.4. The molecule has 0 aliphatic heterocycles. The van der Waals surface area contributed by atoms with Crippen molar-refractivity contribution in [1.29, 1.82) is 0 Å². The van der Waals surface area contributed by atoms with Crippen LogP contribution in [0.3, 0.4) is 0 Å². The number of hydrogen-bond acceptors (Lipinski definition) is 6. The van der Waals surface area contributed by atoms with Gasteiger partial charge in [0.1, 0.15) is 11.9 Å². The first-order valence-corrected chi connectivity index (χ1v) is 13.4. The standard InChI is InChI=1S/C32H37F3O6/c1-37-26-18-14-23(15-19-26)10-8-9-13-27(20-16-24-17-21-28(38-2)29(22-24)39-3)41-30(36)31(40-4,32(33,34)35)25-11-6-5-7-12-25/h5-7,11-12,14-15,17-19,21-22,27H,8-10,13,16,20H2,1-4H3/t27-,31-/m1/s1. The minimum atomic E-state index is -5.04. The predicted molar refractivity (Wildman–Crippen MR) is 149 cm³/mol. The summed E-state index contributed by atoms with van der Waals surface area (Å²) in [4.78, 5) is 13.3. The molecule has 3 aromatic rings. The maximum absolute atomic E-state index is 14.5. The number of methoxy groups -OCH3 is 4. The van der Waals surface area contributed by atoms with Gasteiger partial charge in [-0.2, -0.15) is 13.2 Å². The molecule has 0 unspecified atom stereocenters. The van der Waals surface area contributed by atoms with E-state index in [4.69, 9.17) is 23.7 Å². The van der Waals surface area contributed by atoms with Gasteiger partial charge in [0.2, 0.25) is 0 Å². The van der Waals surface area contributed by atoms with Crippen LogP contribution >= 0.6 is 0 Å². The van der Waals surface area contributed by atoms with Crippen LogP contribution in [0.5, 0.6) is 17.2 Å². The van der Waals surface area contributed by atoms with Crippen LogP contribution in [-0.4, -0.2) is 46.7 Å². The molecule has 3 aromatic carbocycles. The number of esters is 1. The third-order valence-corrected chi connectivity index (χ3v) is 7.05. The van der Waals surface area contributed by atoms with Crippen molar-refractivity contribution in [2.24, 2.45) is 0 Å². The molecule has 0 amide bonds. The van der Waals surface area contributed by atoms with Crippen molar-refractivity contribution in [2.75, 3.05) is 28.4 Å². The zero-order valence-electron chi connectivity index (χ0n) is 23.8. The van der Waals surface area contributed by atoms with Gasteiger partial charge in [-0.1, -0.05) is 48.5 Å². The number of halogens is 3. The average Bonchev–Trinajstić information content (AvgIpc) is 2.98. The summed E-state index contributed by atoms with van der Waals surface area (Å²) in [5.74, 6) is 0.389. The number of hydrogen-bond donors (Lipinski definition) is 0. The molecule has 41 heavy (non-hydrogen) atoms. The number of ether oxygens (including phenoxy) is 5. The predicted octanol–water partition coefficient (Wildman–Crippen LogP) is 7.07. The van der Waals surface area contributed by atoms with Gasteiger partial charge in [-0.15, -0.1) is 0 Å². The lowest BCUT2D eigenvalue weighted by Crippen LogP contribution is -2.52. The molecule has 0 bridgehead atoms. The first kappa shape index (κ1) is 31.8. The highest BCUT2D eigenvalue weighted by molar-refractivity contribution is 5.82. The molecule has 0 fully saturated rings. The van der Waals surface area contributed by atoms with Gasteiger partial charge in [-0.25, -0.2) is 4.79 Å². The molecule has 0 aliphatic rings. The smallest absolute Gasteiger partial charge is 0.432 e. The second kappa shape index (κ2) is 14.8. The number of alkyl halides is 3. The fourth-order valence-electron chi connectivity index (χ4n) is 4.74. The number of rotatable bonds is 15. The second-order valence-electron chi connectivity index (χ2n) is 9.60. The fourth-order valence-corrected chi connectivity index (χ4v) is 4.74. The van der Waals surface area contributed by atoms with Crippen LogP contribution in [0.25, 0.3) is 0 Å². The quantitative estimate of drug-likeness (QED) is 0.143. The Balaban J connectivity index is 1.78. The third kappa shape index (κ3) is 7.94. The highest BCUT2D eigenvalue weighted by Gasteiger charge is 2.64. The van der Waals surface area contributed by atoms with Gasteiger partial charge in [0, 0.05) is 12.7 Å². The van der Waals surface area contributed by atoms with Gasteiger partial charge >= 0.3 is 12.1 Å². The average molecular weight is 575 g/mol. The molecule has 0 saturated heterocycles. The van der Waals surface area contributed by atoms with Crippen molar-refractivity contribution in [1.82, 2.24) is 0 Å². The first-order valence-electron chi connectivity index (χ1n) is 13.4. The molecule has 0 heterocycles. The molecule has 2 atom stereocenters. The molecule has 0 aromatic heterocycles. The fraction of sp³-hybridized carbons (Fsp3) is 0.406. The van der Waals surface area contributed by atoms with Crippen molar-refractivity contribution < 1.29 is 41.7 Å². The van der Waals surface area contributed by atoms with Crippen LogP contribution in [0.1, 0.15) is 42.4 Å². The molecule has 0 spiro atoms. The summed E-state index contributed by atoms with van der Waals surface area (Å²) < 4.78 is 69.8. The maximum Gasteiger partial charge on any atom is 0.432 e. The van der Waals surface area contributed by atoms with E-state index in [1.54, 1.807) is 25.3 Å². The van der Waals surface area contributed by atoms with E-state index in [-0.39, 0.29) is 5.56 Å². The van der Waals surface area contributed by atoms with Gasteiger partial charge in [0.15, 0.2) is 11.5 Å². The van der Waals surface area contributed by atoms with Crippen LogP contribution in [-0.2, 0) is 32.7 Å². The van der Waals surface area contributed by atoms with Crippen LogP contribution in [0.15, 0.2) is 72.8 Å². The summed E-state index contributed by atoms with van der Waals surface area (Å²) in [6, 6.07) is 20.0. The summed E-state index contributed by atoms with van der Waals surface area (Å²) in [7, 11) is 5.54. The Morgan fingerprint density at radius 1 is 0.732 bits per heavy atom. The molecule has 0 aliphatic carbocycles. The maximum atomic E-state index is 14.5. The molecule has 0 radical (unpaired) electrons. The van der Waals surface area contributed by atoms with E-state index in [1.807, 2.05) is 30.3 Å². The number of carbonyl (C=O) groups is 1. The van der Waals surface area contributed by atoms with E-state index in [0.717, 1.165) is 36.8 Å². The van der Waals surface area contributed by atoms with Crippen LogP contribution in [0, 0.1) is 0 Å². The number of carbonyl (C=O) groups excluding carboxylic acids is 1. The highest BCUT2D eigenvalue weighted by Crippen LogP contribution is 2.43. The third-order valence-electron chi connectivity index (χ3n) is 7.05. The molecular formula is C32H37F3O6. The van der Waals surface area contributed by atoms with Crippen LogP contribution in [0.2, 0.25) is 0 Å². The number of aryl methyl sites for hydroxylation is 2. The minimum Gasteiger partial charge on any atom is -0.497 e.